The molecule has 1 aliphatic heterocycles. The summed E-state index contributed by atoms with van der Waals surface area (Å²) in [4.78, 5) is 0.984. The molecule has 0 spiro atoms. The Balaban J connectivity index is 1.46. The Bertz CT molecular complexity index is 1230. The molecule has 2 atom stereocenters. The lowest BCUT2D eigenvalue weighted by Crippen LogP contribution is -2.19. The van der Waals surface area contributed by atoms with Gasteiger partial charge in [0.1, 0.15) is 35.7 Å². The van der Waals surface area contributed by atoms with Crippen molar-refractivity contribution in [3.63, 3.8) is 0 Å². The summed E-state index contributed by atoms with van der Waals surface area (Å²) in [5, 5.41) is 14.4. The normalized spacial score (nSPS) is 17.6. The van der Waals surface area contributed by atoms with Crippen LogP contribution >= 0.6 is 11.8 Å². The van der Waals surface area contributed by atoms with Crippen molar-refractivity contribution >= 4 is 11.8 Å². The van der Waals surface area contributed by atoms with Crippen molar-refractivity contribution in [2.75, 3.05) is 0 Å². The summed E-state index contributed by atoms with van der Waals surface area (Å²) in [6.07, 6.45) is -0.278. The second-order valence-corrected chi connectivity index (χ2v) is 8.81. The molecule has 1 aliphatic rings. The van der Waals surface area contributed by atoms with Crippen molar-refractivity contribution < 1.29 is 19.7 Å². The second kappa shape index (κ2) is 8.89. The van der Waals surface area contributed by atoms with E-state index in [1.54, 1.807) is 30.0 Å². The van der Waals surface area contributed by atoms with Gasteiger partial charge in [-0.15, -0.1) is 11.8 Å². The Hall–Kier alpha value is -3.57. The molecule has 160 valence electrons. The molecule has 0 aliphatic carbocycles. The fraction of sp³-hybridized carbons (Fsp3) is 0.111. The smallest absolute Gasteiger partial charge is 0.293 e. The Kier molecular flexibility index (Phi) is 5.32. The number of ether oxygens (including phenoxy) is 2. The monoisotopic (exact) mass is 444 g/mol. The predicted octanol–water partition coefficient (Wildman–Crippen LogP) is 6.64. The standard InChI is InChI=1S/C27H22O4S/c28-21-11-9-19(10-12-21)26-27(20-7-4-8-22(29)15-20)32-25-16-23(13-14-24(25)31-26)30-17-18-5-2-1-3-6-18/h1-16,26-29H,17H2/t26-,27+/m0/s1/i/hT. The summed E-state index contributed by atoms with van der Waals surface area (Å²) in [5.41, 5.74) is 3.05. The maximum atomic E-state index is 9.73. The molecular formula is C27H22O4S. The van der Waals surface area contributed by atoms with Gasteiger partial charge in [0.05, 0.1) is 10.1 Å². The fourth-order valence-electron chi connectivity index (χ4n) is 3.75. The summed E-state index contributed by atoms with van der Waals surface area (Å²) < 4.78 is 19.8. The molecule has 1 heterocycles. The first kappa shape index (κ1) is 19.1. The van der Waals surface area contributed by atoms with Crippen LogP contribution in [0.4, 0.5) is 0 Å². The molecule has 5 heteroatoms. The molecule has 4 aromatic rings. The molecule has 4 nitrogen and oxygen atoms in total. The van der Waals surface area contributed by atoms with Gasteiger partial charge in [0.25, 0.3) is 1.43 Å². The zero-order chi connectivity index (χ0) is 22.6. The SMILES string of the molecule is [3H]Oc1cccc([C@H]2Sc3cc(OCc4ccccc4)ccc3O[C@H]2c2ccc(O)cc2)c1. The van der Waals surface area contributed by atoms with Gasteiger partial charge in [0, 0.05) is 0 Å². The summed E-state index contributed by atoms with van der Waals surface area (Å²) in [5.74, 6) is 2.25. The molecule has 32 heavy (non-hydrogen) atoms. The van der Waals surface area contributed by atoms with Crippen LogP contribution in [0.5, 0.6) is 23.0 Å². The van der Waals surface area contributed by atoms with E-state index in [-0.39, 0.29) is 17.1 Å². The van der Waals surface area contributed by atoms with E-state index in [0.717, 1.165) is 33.1 Å². The van der Waals surface area contributed by atoms with Gasteiger partial charge in [-0.3, -0.25) is 0 Å². The lowest BCUT2D eigenvalue weighted by molar-refractivity contribution is 0.190. The van der Waals surface area contributed by atoms with Crippen molar-refractivity contribution in [3.05, 3.63) is 114 Å². The summed E-state index contributed by atoms with van der Waals surface area (Å²) in [7, 11) is 0. The van der Waals surface area contributed by atoms with Crippen LogP contribution in [0.2, 0.25) is 0 Å². The van der Waals surface area contributed by atoms with Crippen LogP contribution in [0.3, 0.4) is 0 Å². The highest BCUT2D eigenvalue weighted by molar-refractivity contribution is 7.99. The van der Waals surface area contributed by atoms with E-state index in [1.165, 1.54) is 0 Å². The maximum Gasteiger partial charge on any atom is 0.293 e. The molecule has 2 N–H and O–H groups in total. The summed E-state index contributed by atoms with van der Waals surface area (Å²) >= 11 is 1.69. The van der Waals surface area contributed by atoms with Crippen molar-refractivity contribution in [1.82, 2.24) is 0 Å². The van der Waals surface area contributed by atoms with Gasteiger partial charge in [0.15, 0.2) is 0 Å². The quantitative estimate of drug-likeness (QED) is 0.349. The molecule has 0 unspecified atom stereocenters. The number of thioether (sulfide) groups is 1. The highest BCUT2D eigenvalue weighted by atomic mass is 32.2. The molecule has 0 aromatic heterocycles. The molecule has 0 saturated carbocycles. The van der Waals surface area contributed by atoms with Gasteiger partial charge < -0.3 is 19.7 Å². The Morgan fingerprint density at radius 2 is 1.69 bits per heavy atom. The van der Waals surface area contributed by atoms with Crippen LogP contribution in [0, 0.1) is 0 Å². The summed E-state index contributed by atoms with van der Waals surface area (Å²) in [6, 6.07) is 30.5. The number of benzene rings is 4. The van der Waals surface area contributed by atoms with Gasteiger partial charge in [-0.05, 0) is 59.2 Å². The van der Waals surface area contributed by atoms with Crippen molar-refractivity contribution in [1.29, 1.82) is 1.43 Å². The zero-order valence-corrected chi connectivity index (χ0v) is 18.0. The van der Waals surface area contributed by atoms with Crippen LogP contribution in [0.25, 0.3) is 0 Å². The van der Waals surface area contributed by atoms with E-state index >= 15 is 0 Å². The van der Waals surface area contributed by atoms with E-state index in [2.05, 4.69) is 0 Å². The van der Waals surface area contributed by atoms with Crippen molar-refractivity contribution in [2.24, 2.45) is 0 Å². The number of phenolic OH excluding ortho intramolecular Hbond substituents is 2. The molecular weight excluding hydrogens is 420 g/mol. The minimum absolute atomic E-state index is 0.0819. The van der Waals surface area contributed by atoms with Gasteiger partial charge >= 0.3 is 0 Å². The van der Waals surface area contributed by atoms with E-state index in [0.29, 0.717) is 12.4 Å². The number of fused-ring (bicyclic) bond motifs is 1. The third-order valence-corrected chi connectivity index (χ3v) is 6.70. The van der Waals surface area contributed by atoms with Crippen molar-refractivity contribution in [3.8, 4) is 23.0 Å². The van der Waals surface area contributed by atoms with E-state index in [4.69, 9.17) is 16.0 Å². The van der Waals surface area contributed by atoms with Crippen molar-refractivity contribution in [2.45, 2.75) is 22.9 Å². The third kappa shape index (κ3) is 4.39. The molecule has 0 radical (unpaired) electrons. The second-order valence-electron chi connectivity index (χ2n) is 7.62. The Labute approximate surface area is 192 Å². The van der Waals surface area contributed by atoms with Gasteiger partial charge in [-0.2, -0.15) is 0 Å². The lowest BCUT2D eigenvalue weighted by Gasteiger charge is -2.34. The molecule has 0 amide bonds. The lowest BCUT2D eigenvalue weighted by atomic mass is 10.00. The van der Waals surface area contributed by atoms with Crippen LogP contribution in [0.15, 0.2) is 102 Å². The zero-order valence-electron chi connectivity index (χ0n) is 18.2. The van der Waals surface area contributed by atoms with Gasteiger partial charge in [0.2, 0.25) is 0 Å². The third-order valence-electron chi connectivity index (χ3n) is 5.35. The van der Waals surface area contributed by atoms with E-state index < -0.39 is 0 Å². The Morgan fingerprint density at radius 1 is 0.844 bits per heavy atom. The Morgan fingerprint density at radius 3 is 2.50 bits per heavy atom. The molecule has 0 fully saturated rings. The highest BCUT2D eigenvalue weighted by Gasteiger charge is 2.34. The number of rotatable bonds is 6. The molecule has 4 aromatic carbocycles. The van der Waals surface area contributed by atoms with Crippen LogP contribution in [-0.4, -0.2) is 11.6 Å². The number of phenols is 2. The number of hydrogen-bond acceptors (Lipinski definition) is 5. The minimum Gasteiger partial charge on any atom is -0.508 e. The van der Waals surface area contributed by atoms with Crippen LogP contribution < -0.4 is 9.47 Å². The fourth-order valence-corrected chi connectivity index (χ4v) is 5.06. The van der Waals surface area contributed by atoms with E-state index in [1.807, 2.05) is 78.9 Å². The highest BCUT2D eigenvalue weighted by Crippen LogP contribution is 2.54. The summed E-state index contributed by atoms with van der Waals surface area (Å²) in [6.45, 7) is 0.494. The average molecular weight is 445 g/mol. The topological polar surface area (TPSA) is 58.9 Å². The molecule has 0 saturated heterocycles. The van der Waals surface area contributed by atoms with Crippen LogP contribution in [-0.2, 0) is 6.61 Å². The first-order valence-electron chi connectivity index (χ1n) is 10.8. The number of aromatic hydroxyl groups is 2. The van der Waals surface area contributed by atoms with Gasteiger partial charge in [-0.25, -0.2) is 0 Å². The average Bonchev–Trinajstić information content (AvgIpc) is 2.87. The molecule has 0 bridgehead atoms. The maximum absolute atomic E-state index is 9.73. The largest absolute Gasteiger partial charge is 0.508 e. The molecule has 5 rings (SSSR count). The van der Waals surface area contributed by atoms with Gasteiger partial charge in [-0.1, -0.05) is 54.6 Å². The minimum atomic E-state index is -0.278. The predicted molar refractivity (Wildman–Crippen MR) is 125 cm³/mol. The van der Waals surface area contributed by atoms with Crippen LogP contribution in [0.1, 0.15) is 28.0 Å². The number of hydrogen-bond donors (Lipinski definition) is 2. The first-order valence-corrected chi connectivity index (χ1v) is 11.2. The van der Waals surface area contributed by atoms with E-state index in [9.17, 15) is 5.11 Å². The first-order chi connectivity index (χ1) is 16.2.